The summed E-state index contributed by atoms with van der Waals surface area (Å²) in [5.74, 6) is -0.855. The van der Waals surface area contributed by atoms with Crippen LogP contribution in [0.15, 0.2) is 18.3 Å². The molecule has 0 radical (unpaired) electrons. The fraction of sp³-hybridized carbons (Fsp3) is 0.286. The zero-order chi connectivity index (χ0) is 13.4. The Morgan fingerprint density at radius 3 is 2.61 bits per heavy atom. The van der Waals surface area contributed by atoms with Gasteiger partial charge < -0.3 is 5.11 Å². The third-order valence-electron chi connectivity index (χ3n) is 3.08. The van der Waals surface area contributed by atoms with E-state index in [-0.39, 0.29) is 11.5 Å². The molecule has 2 aromatic rings. The van der Waals surface area contributed by atoms with Gasteiger partial charge in [0.05, 0.1) is 11.1 Å². The summed E-state index contributed by atoms with van der Waals surface area (Å²) in [5.41, 5.74) is 2.72. The topological polar surface area (TPSA) is 50.2 Å². The number of halogens is 1. The monoisotopic (exact) mass is 263 g/mol. The van der Waals surface area contributed by atoms with E-state index in [1.165, 1.54) is 6.20 Å². The molecule has 1 aromatic heterocycles. The van der Waals surface area contributed by atoms with Crippen LogP contribution in [0.4, 0.5) is 0 Å². The predicted molar refractivity (Wildman–Crippen MR) is 72.5 cm³/mol. The summed E-state index contributed by atoms with van der Waals surface area (Å²) in [4.78, 5) is 15.5. The van der Waals surface area contributed by atoms with Crippen LogP contribution in [-0.2, 0) is 0 Å². The molecule has 0 unspecified atom stereocenters. The van der Waals surface area contributed by atoms with Crippen molar-refractivity contribution in [2.75, 3.05) is 0 Å². The van der Waals surface area contributed by atoms with Crippen LogP contribution in [0.2, 0.25) is 5.02 Å². The maximum atomic E-state index is 11.3. The van der Waals surface area contributed by atoms with E-state index in [1.807, 2.05) is 26.8 Å². The molecule has 1 aromatic carbocycles. The number of carboxylic acids is 1. The Morgan fingerprint density at radius 1 is 1.39 bits per heavy atom. The van der Waals surface area contributed by atoms with Gasteiger partial charge in [0.25, 0.3) is 0 Å². The molecule has 3 nitrogen and oxygen atoms in total. The molecular formula is C14H14ClNO2. The normalized spacial score (nSPS) is 11.2. The summed E-state index contributed by atoms with van der Waals surface area (Å²) in [6, 6.07) is 3.61. The number of carbonyl (C=O) groups is 1. The number of hydrogen-bond acceptors (Lipinski definition) is 2. The molecular weight excluding hydrogens is 250 g/mol. The lowest BCUT2D eigenvalue weighted by Gasteiger charge is -2.15. The molecule has 94 valence electrons. The van der Waals surface area contributed by atoms with Crippen molar-refractivity contribution in [3.63, 3.8) is 0 Å². The second-order valence-electron chi connectivity index (χ2n) is 4.61. The summed E-state index contributed by atoms with van der Waals surface area (Å²) in [7, 11) is 0. The summed E-state index contributed by atoms with van der Waals surface area (Å²) >= 11 is 6.12. The molecule has 0 saturated carbocycles. The number of fused-ring (bicyclic) bond motifs is 1. The van der Waals surface area contributed by atoms with E-state index in [9.17, 15) is 9.90 Å². The molecule has 1 heterocycles. The molecule has 1 N–H and O–H groups in total. The van der Waals surface area contributed by atoms with E-state index < -0.39 is 5.97 Å². The first kappa shape index (κ1) is 12.8. The van der Waals surface area contributed by atoms with Gasteiger partial charge in [-0.1, -0.05) is 25.4 Å². The molecule has 18 heavy (non-hydrogen) atoms. The van der Waals surface area contributed by atoms with Gasteiger partial charge in [-0.05, 0) is 36.1 Å². The lowest BCUT2D eigenvalue weighted by molar-refractivity contribution is 0.0695. The highest BCUT2D eigenvalue weighted by atomic mass is 35.5. The number of aryl methyl sites for hydroxylation is 1. The number of benzene rings is 1. The van der Waals surface area contributed by atoms with Gasteiger partial charge in [-0.15, -0.1) is 0 Å². The molecule has 2 rings (SSSR count). The molecule has 0 spiro atoms. The number of rotatable bonds is 2. The van der Waals surface area contributed by atoms with Crippen LogP contribution < -0.4 is 0 Å². The fourth-order valence-corrected chi connectivity index (χ4v) is 2.39. The Kier molecular flexibility index (Phi) is 3.26. The van der Waals surface area contributed by atoms with Crippen molar-refractivity contribution in [2.24, 2.45) is 0 Å². The lowest BCUT2D eigenvalue weighted by atomic mass is 9.92. The number of aromatic nitrogens is 1. The quantitative estimate of drug-likeness (QED) is 0.890. The van der Waals surface area contributed by atoms with Crippen molar-refractivity contribution >= 4 is 28.5 Å². The summed E-state index contributed by atoms with van der Waals surface area (Å²) in [6.45, 7) is 5.84. The highest BCUT2D eigenvalue weighted by Crippen LogP contribution is 2.33. The molecule has 0 fully saturated rings. The number of carboxylic acid groups (broad SMARTS) is 1. The van der Waals surface area contributed by atoms with Crippen molar-refractivity contribution in [2.45, 2.75) is 26.7 Å². The van der Waals surface area contributed by atoms with Gasteiger partial charge in [0.15, 0.2) is 0 Å². The number of aromatic carboxylic acids is 1. The number of pyridine rings is 1. The zero-order valence-electron chi connectivity index (χ0n) is 10.5. The number of hydrogen-bond donors (Lipinski definition) is 1. The first-order valence-corrected chi connectivity index (χ1v) is 6.12. The van der Waals surface area contributed by atoms with Gasteiger partial charge >= 0.3 is 5.97 Å². The van der Waals surface area contributed by atoms with Crippen molar-refractivity contribution < 1.29 is 9.90 Å². The van der Waals surface area contributed by atoms with Crippen LogP contribution in [0.25, 0.3) is 10.9 Å². The summed E-state index contributed by atoms with van der Waals surface area (Å²) < 4.78 is 0. The predicted octanol–water partition coefficient (Wildman–Crippen LogP) is 4.02. The maximum Gasteiger partial charge on any atom is 0.337 e. The van der Waals surface area contributed by atoms with Gasteiger partial charge in [0.2, 0.25) is 0 Å². The van der Waals surface area contributed by atoms with Gasteiger partial charge in [0, 0.05) is 16.6 Å². The van der Waals surface area contributed by atoms with E-state index in [1.54, 1.807) is 6.07 Å². The van der Waals surface area contributed by atoms with Crippen molar-refractivity contribution in [3.8, 4) is 0 Å². The van der Waals surface area contributed by atoms with Gasteiger partial charge in [-0.25, -0.2) is 4.79 Å². The van der Waals surface area contributed by atoms with Crippen molar-refractivity contribution in [3.05, 3.63) is 40.0 Å². The summed E-state index contributed by atoms with van der Waals surface area (Å²) in [6.07, 6.45) is 1.42. The highest BCUT2D eigenvalue weighted by molar-refractivity contribution is 6.32. The van der Waals surface area contributed by atoms with Crippen LogP contribution in [0.3, 0.4) is 0 Å². The Bertz CT molecular complexity index is 635. The Labute approximate surface area is 110 Å². The van der Waals surface area contributed by atoms with Crippen molar-refractivity contribution in [1.29, 1.82) is 0 Å². The minimum Gasteiger partial charge on any atom is -0.478 e. The van der Waals surface area contributed by atoms with Gasteiger partial charge in [-0.3, -0.25) is 4.98 Å². The second kappa shape index (κ2) is 4.58. The maximum absolute atomic E-state index is 11.3. The first-order valence-electron chi connectivity index (χ1n) is 5.74. The molecule has 0 bridgehead atoms. The van der Waals surface area contributed by atoms with Crippen LogP contribution in [0, 0.1) is 6.92 Å². The highest BCUT2D eigenvalue weighted by Gasteiger charge is 2.19. The van der Waals surface area contributed by atoms with E-state index in [0.29, 0.717) is 5.02 Å². The van der Waals surface area contributed by atoms with Crippen LogP contribution in [0.1, 0.15) is 41.3 Å². The Balaban J connectivity index is 2.97. The average molecular weight is 264 g/mol. The Hall–Kier alpha value is -1.61. The molecule has 4 heteroatoms. The minimum atomic E-state index is -0.951. The summed E-state index contributed by atoms with van der Waals surface area (Å²) in [5, 5.41) is 10.8. The Morgan fingerprint density at radius 2 is 2.06 bits per heavy atom. The molecule has 0 aliphatic carbocycles. The van der Waals surface area contributed by atoms with Crippen LogP contribution in [-0.4, -0.2) is 16.1 Å². The average Bonchev–Trinajstić information content (AvgIpc) is 2.32. The smallest absolute Gasteiger partial charge is 0.337 e. The fourth-order valence-electron chi connectivity index (χ4n) is 2.23. The van der Waals surface area contributed by atoms with Crippen molar-refractivity contribution in [1.82, 2.24) is 4.98 Å². The van der Waals surface area contributed by atoms with E-state index in [2.05, 4.69) is 4.98 Å². The minimum absolute atomic E-state index is 0.0961. The molecule has 0 aliphatic rings. The van der Waals surface area contributed by atoms with Gasteiger partial charge in [-0.2, -0.15) is 0 Å². The van der Waals surface area contributed by atoms with E-state index in [4.69, 9.17) is 11.6 Å². The number of nitrogens with zero attached hydrogens (tertiary/aromatic N) is 1. The van der Waals surface area contributed by atoms with E-state index >= 15 is 0 Å². The molecule has 0 amide bonds. The zero-order valence-corrected chi connectivity index (χ0v) is 11.2. The molecule has 0 atom stereocenters. The van der Waals surface area contributed by atoms with E-state index in [0.717, 1.165) is 22.0 Å². The van der Waals surface area contributed by atoms with Gasteiger partial charge in [0.1, 0.15) is 0 Å². The lowest BCUT2D eigenvalue weighted by Crippen LogP contribution is -2.06. The third-order valence-corrected chi connectivity index (χ3v) is 3.49. The molecule has 0 saturated heterocycles. The third kappa shape index (κ3) is 1.95. The molecule has 0 aliphatic heterocycles. The van der Waals surface area contributed by atoms with Crippen LogP contribution >= 0.6 is 11.6 Å². The SMILES string of the molecule is Cc1c(Cl)ccc2ncc(C(=O)O)c(C(C)C)c12. The standard InChI is InChI=1S/C14H14ClNO2/c1-7(2)12-9(14(17)18)6-16-11-5-4-10(15)8(3)13(11)12/h4-7H,1-3H3,(H,17,18). The van der Waals surface area contributed by atoms with Crippen LogP contribution in [0.5, 0.6) is 0 Å². The largest absolute Gasteiger partial charge is 0.478 e. The first-order chi connectivity index (χ1) is 8.43. The second-order valence-corrected chi connectivity index (χ2v) is 5.02.